The van der Waals surface area contributed by atoms with E-state index in [2.05, 4.69) is 4.98 Å². The molecule has 1 aromatic carbocycles. The van der Waals surface area contributed by atoms with Crippen molar-refractivity contribution >= 4 is 5.69 Å². The number of aliphatic hydroxyl groups excluding tert-OH is 1. The molecule has 2 aromatic rings. The van der Waals surface area contributed by atoms with Gasteiger partial charge in [0, 0.05) is 30.1 Å². The number of non-ortho nitro benzene ring substituents is 1. The molecule has 0 unspecified atom stereocenters. The van der Waals surface area contributed by atoms with Crippen LogP contribution in [0.3, 0.4) is 0 Å². The lowest BCUT2D eigenvalue weighted by atomic mass is 10.1. The molecule has 0 aliphatic heterocycles. The van der Waals surface area contributed by atoms with Crippen molar-refractivity contribution in [1.29, 1.82) is 0 Å². The second-order valence-corrected chi connectivity index (χ2v) is 3.57. The Bertz CT molecular complexity index is 563. The number of nitro groups is 1. The summed E-state index contributed by atoms with van der Waals surface area (Å²) in [6, 6.07) is 4.39. The third kappa shape index (κ3) is 2.02. The lowest BCUT2D eigenvalue weighted by Crippen LogP contribution is -2.02. The van der Waals surface area contributed by atoms with E-state index in [1.54, 1.807) is 23.0 Å². The smallest absolute Gasteiger partial charge is 0.269 e. The van der Waals surface area contributed by atoms with Crippen LogP contribution in [-0.2, 0) is 6.61 Å². The molecule has 0 fully saturated rings. The van der Waals surface area contributed by atoms with Crippen molar-refractivity contribution in [3.63, 3.8) is 0 Å². The van der Waals surface area contributed by atoms with E-state index in [0.717, 1.165) is 5.82 Å². The maximum Gasteiger partial charge on any atom is 0.269 e. The molecule has 0 aliphatic carbocycles. The van der Waals surface area contributed by atoms with E-state index in [1.165, 1.54) is 12.1 Å². The lowest BCUT2D eigenvalue weighted by molar-refractivity contribution is -0.384. The number of imidazole rings is 1. The highest BCUT2D eigenvalue weighted by Gasteiger charge is 2.12. The molecule has 0 atom stereocenters. The molecule has 0 saturated carbocycles. The third-order valence-corrected chi connectivity index (χ3v) is 2.53. The average Bonchev–Trinajstić information content (AvgIpc) is 2.74. The number of aromatic nitrogens is 2. The summed E-state index contributed by atoms with van der Waals surface area (Å²) in [5, 5.41) is 19.9. The molecule has 88 valence electrons. The number of aliphatic hydroxyl groups is 1. The number of hydrogen-bond acceptors (Lipinski definition) is 4. The highest BCUT2D eigenvalue weighted by molar-refractivity contribution is 5.48. The molecule has 17 heavy (non-hydrogen) atoms. The molecule has 0 amide bonds. The maximum atomic E-state index is 10.6. The molecule has 1 heterocycles. The molecule has 6 heteroatoms. The van der Waals surface area contributed by atoms with E-state index < -0.39 is 4.92 Å². The molecule has 2 rings (SSSR count). The van der Waals surface area contributed by atoms with Gasteiger partial charge in [0.1, 0.15) is 5.82 Å². The van der Waals surface area contributed by atoms with Crippen LogP contribution in [0.5, 0.6) is 0 Å². The average molecular weight is 233 g/mol. The third-order valence-electron chi connectivity index (χ3n) is 2.53. The van der Waals surface area contributed by atoms with Gasteiger partial charge in [0.15, 0.2) is 0 Å². The van der Waals surface area contributed by atoms with Crippen molar-refractivity contribution in [3.8, 4) is 5.69 Å². The summed E-state index contributed by atoms with van der Waals surface area (Å²) in [7, 11) is 0. The monoisotopic (exact) mass is 233 g/mol. The summed E-state index contributed by atoms with van der Waals surface area (Å²) >= 11 is 0. The number of benzene rings is 1. The Morgan fingerprint density at radius 2 is 2.29 bits per heavy atom. The van der Waals surface area contributed by atoms with Gasteiger partial charge < -0.3 is 9.67 Å². The van der Waals surface area contributed by atoms with Gasteiger partial charge in [-0.05, 0) is 13.0 Å². The molecule has 0 bridgehead atoms. The molecule has 0 aliphatic rings. The summed E-state index contributed by atoms with van der Waals surface area (Å²) in [5.74, 6) is 0.758. The van der Waals surface area contributed by atoms with Crippen LogP contribution in [0.4, 0.5) is 5.69 Å². The van der Waals surface area contributed by atoms with Gasteiger partial charge >= 0.3 is 0 Å². The minimum atomic E-state index is -0.482. The van der Waals surface area contributed by atoms with Crippen molar-refractivity contribution in [1.82, 2.24) is 9.55 Å². The van der Waals surface area contributed by atoms with E-state index in [0.29, 0.717) is 11.3 Å². The van der Waals surface area contributed by atoms with Crippen molar-refractivity contribution in [2.24, 2.45) is 0 Å². The molecule has 1 aromatic heterocycles. The first-order chi connectivity index (χ1) is 8.13. The number of nitrogens with zero attached hydrogens (tertiary/aromatic N) is 3. The minimum Gasteiger partial charge on any atom is -0.392 e. The predicted octanol–water partition coefficient (Wildman–Crippen LogP) is 1.58. The fraction of sp³-hybridized carbons (Fsp3) is 0.182. The zero-order valence-corrected chi connectivity index (χ0v) is 9.20. The van der Waals surface area contributed by atoms with Crippen molar-refractivity contribution < 1.29 is 10.0 Å². The van der Waals surface area contributed by atoms with Crippen LogP contribution >= 0.6 is 0 Å². The van der Waals surface area contributed by atoms with E-state index in [1.807, 2.05) is 6.92 Å². The fourth-order valence-corrected chi connectivity index (χ4v) is 1.68. The van der Waals surface area contributed by atoms with E-state index in [-0.39, 0.29) is 12.3 Å². The van der Waals surface area contributed by atoms with Crippen molar-refractivity contribution in [2.75, 3.05) is 0 Å². The Balaban J connectivity index is 2.56. The standard InChI is InChI=1S/C11H11N3O3/c1-8-12-4-5-13(8)11-3-2-10(14(16)17)6-9(11)7-15/h2-6,15H,7H2,1H3. The van der Waals surface area contributed by atoms with Crippen LogP contribution in [0.15, 0.2) is 30.6 Å². The van der Waals surface area contributed by atoms with Gasteiger partial charge in [-0.15, -0.1) is 0 Å². The lowest BCUT2D eigenvalue weighted by Gasteiger charge is -2.09. The Morgan fingerprint density at radius 3 is 2.82 bits per heavy atom. The molecule has 0 radical (unpaired) electrons. The summed E-state index contributed by atoms with van der Waals surface area (Å²) in [6.45, 7) is 1.57. The second kappa shape index (κ2) is 4.34. The maximum absolute atomic E-state index is 10.6. The van der Waals surface area contributed by atoms with Gasteiger partial charge in [0.2, 0.25) is 0 Å². The molecule has 0 spiro atoms. The Kier molecular flexibility index (Phi) is 2.88. The van der Waals surface area contributed by atoms with Crippen LogP contribution in [0.2, 0.25) is 0 Å². The van der Waals surface area contributed by atoms with Gasteiger partial charge in [0.05, 0.1) is 17.2 Å². The fourth-order valence-electron chi connectivity index (χ4n) is 1.68. The van der Waals surface area contributed by atoms with Gasteiger partial charge in [-0.3, -0.25) is 10.1 Å². The Morgan fingerprint density at radius 1 is 1.53 bits per heavy atom. The summed E-state index contributed by atoms with van der Waals surface area (Å²) < 4.78 is 1.77. The summed E-state index contributed by atoms with van der Waals surface area (Å²) in [4.78, 5) is 14.2. The van der Waals surface area contributed by atoms with E-state index in [4.69, 9.17) is 0 Å². The van der Waals surface area contributed by atoms with Crippen LogP contribution in [-0.4, -0.2) is 19.6 Å². The molecular weight excluding hydrogens is 222 g/mol. The van der Waals surface area contributed by atoms with Gasteiger partial charge in [0.25, 0.3) is 5.69 Å². The highest BCUT2D eigenvalue weighted by atomic mass is 16.6. The van der Waals surface area contributed by atoms with Gasteiger partial charge in [-0.2, -0.15) is 0 Å². The SMILES string of the molecule is Cc1nccn1-c1ccc([N+](=O)[O-])cc1CO. The Hall–Kier alpha value is -2.21. The topological polar surface area (TPSA) is 81.2 Å². The number of rotatable bonds is 3. The second-order valence-electron chi connectivity index (χ2n) is 3.57. The highest BCUT2D eigenvalue weighted by Crippen LogP contribution is 2.22. The number of aryl methyl sites for hydroxylation is 1. The van der Waals surface area contributed by atoms with Crippen LogP contribution < -0.4 is 0 Å². The summed E-state index contributed by atoms with van der Waals surface area (Å²) in [6.07, 6.45) is 3.38. The van der Waals surface area contributed by atoms with E-state index in [9.17, 15) is 15.2 Å². The zero-order chi connectivity index (χ0) is 12.4. The zero-order valence-electron chi connectivity index (χ0n) is 9.20. The van der Waals surface area contributed by atoms with Gasteiger partial charge in [-0.25, -0.2) is 4.98 Å². The van der Waals surface area contributed by atoms with Gasteiger partial charge in [-0.1, -0.05) is 0 Å². The number of nitro benzene ring substituents is 1. The van der Waals surface area contributed by atoms with Crippen molar-refractivity contribution in [3.05, 3.63) is 52.1 Å². The van der Waals surface area contributed by atoms with Crippen LogP contribution in [0.25, 0.3) is 5.69 Å². The quantitative estimate of drug-likeness (QED) is 0.644. The first-order valence-electron chi connectivity index (χ1n) is 5.02. The number of hydrogen-bond donors (Lipinski definition) is 1. The minimum absolute atomic E-state index is 0.0319. The largest absolute Gasteiger partial charge is 0.392 e. The first kappa shape index (κ1) is 11.3. The van der Waals surface area contributed by atoms with Crippen LogP contribution in [0, 0.1) is 17.0 Å². The van der Waals surface area contributed by atoms with E-state index >= 15 is 0 Å². The summed E-state index contributed by atoms with van der Waals surface area (Å²) in [5.41, 5.74) is 1.17. The molecule has 1 N–H and O–H groups in total. The molecular formula is C11H11N3O3. The molecule has 6 nitrogen and oxygen atoms in total. The van der Waals surface area contributed by atoms with Crippen LogP contribution in [0.1, 0.15) is 11.4 Å². The predicted molar refractivity (Wildman–Crippen MR) is 60.9 cm³/mol. The normalized spacial score (nSPS) is 10.5. The first-order valence-corrected chi connectivity index (χ1v) is 5.02. The molecule has 0 saturated heterocycles. The van der Waals surface area contributed by atoms with Crippen molar-refractivity contribution in [2.45, 2.75) is 13.5 Å². The Labute approximate surface area is 97.3 Å².